The lowest BCUT2D eigenvalue weighted by Gasteiger charge is -1.94. The van der Waals surface area contributed by atoms with Gasteiger partial charge in [0, 0.05) is 6.20 Å². The molecule has 4 nitrogen and oxygen atoms in total. The van der Waals surface area contributed by atoms with Crippen molar-refractivity contribution in [3.63, 3.8) is 0 Å². The molecule has 0 saturated carbocycles. The molecule has 0 fully saturated rings. The average Bonchev–Trinajstić information content (AvgIpc) is 2.14. The molecule has 0 aliphatic heterocycles. The minimum atomic E-state index is -0.773. The summed E-state index contributed by atoms with van der Waals surface area (Å²) in [5.74, 6) is 0. The van der Waals surface area contributed by atoms with Gasteiger partial charge in [-0.3, -0.25) is 4.98 Å². The third-order valence-corrected chi connectivity index (χ3v) is 1.30. The van der Waals surface area contributed by atoms with Gasteiger partial charge in [0.15, 0.2) is 0 Å². The molecule has 0 spiro atoms. The Morgan fingerprint density at radius 3 is 3.08 bits per heavy atom. The first-order chi connectivity index (χ1) is 6.29. The average molecular weight is 178 g/mol. The SMILES string of the molecule is NC(=O)OCC=Cc1ccccn1. The van der Waals surface area contributed by atoms with Crippen LogP contribution < -0.4 is 5.73 Å². The number of nitrogens with zero attached hydrogens (tertiary/aromatic N) is 1. The van der Waals surface area contributed by atoms with Crippen LogP contribution in [0.25, 0.3) is 6.08 Å². The zero-order valence-corrected chi connectivity index (χ0v) is 7.01. The largest absolute Gasteiger partial charge is 0.445 e. The Hall–Kier alpha value is -1.84. The topological polar surface area (TPSA) is 65.2 Å². The number of primary amides is 1. The molecule has 0 aliphatic rings. The molecule has 0 atom stereocenters. The van der Waals surface area contributed by atoms with Crippen molar-refractivity contribution >= 4 is 12.2 Å². The first-order valence-electron chi connectivity index (χ1n) is 3.79. The van der Waals surface area contributed by atoms with Gasteiger partial charge in [0.25, 0.3) is 0 Å². The molecule has 1 aromatic heterocycles. The van der Waals surface area contributed by atoms with Crippen molar-refractivity contribution in [3.05, 3.63) is 36.2 Å². The lowest BCUT2D eigenvalue weighted by atomic mass is 10.3. The Bertz CT molecular complexity index is 296. The summed E-state index contributed by atoms with van der Waals surface area (Å²) < 4.78 is 4.49. The van der Waals surface area contributed by atoms with Gasteiger partial charge >= 0.3 is 6.09 Å². The summed E-state index contributed by atoms with van der Waals surface area (Å²) in [6.45, 7) is 0.173. The lowest BCUT2D eigenvalue weighted by molar-refractivity contribution is 0.169. The van der Waals surface area contributed by atoms with E-state index in [0.717, 1.165) is 5.69 Å². The second-order valence-electron chi connectivity index (χ2n) is 2.29. The molecule has 1 rings (SSSR count). The number of hydrogen-bond acceptors (Lipinski definition) is 3. The molecule has 68 valence electrons. The van der Waals surface area contributed by atoms with Gasteiger partial charge in [-0.25, -0.2) is 4.79 Å². The number of aromatic nitrogens is 1. The smallest absolute Gasteiger partial charge is 0.404 e. The van der Waals surface area contributed by atoms with Crippen LogP contribution >= 0.6 is 0 Å². The highest BCUT2D eigenvalue weighted by Crippen LogP contribution is 1.95. The Balaban J connectivity index is 2.37. The fourth-order valence-corrected chi connectivity index (χ4v) is 0.774. The third kappa shape index (κ3) is 3.91. The number of rotatable bonds is 3. The molecular formula is C9H10N2O2. The normalized spacial score (nSPS) is 10.2. The standard InChI is InChI=1S/C9H10N2O2/c10-9(12)13-7-3-5-8-4-1-2-6-11-8/h1-6H,7H2,(H2,10,12). The minimum absolute atomic E-state index is 0.173. The monoisotopic (exact) mass is 178 g/mol. The zero-order valence-electron chi connectivity index (χ0n) is 7.01. The molecule has 0 aromatic carbocycles. The van der Waals surface area contributed by atoms with Crippen molar-refractivity contribution in [1.29, 1.82) is 0 Å². The number of nitrogens with two attached hydrogens (primary N) is 1. The predicted molar refractivity (Wildman–Crippen MR) is 48.8 cm³/mol. The Morgan fingerprint density at radius 2 is 2.46 bits per heavy atom. The van der Waals surface area contributed by atoms with E-state index in [4.69, 9.17) is 5.73 Å². The summed E-state index contributed by atoms with van der Waals surface area (Å²) >= 11 is 0. The van der Waals surface area contributed by atoms with E-state index in [1.165, 1.54) is 0 Å². The van der Waals surface area contributed by atoms with Crippen LogP contribution in [0.2, 0.25) is 0 Å². The van der Waals surface area contributed by atoms with Crippen LogP contribution in [0.1, 0.15) is 5.69 Å². The van der Waals surface area contributed by atoms with E-state index < -0.39 is 6.09 Å². The van der Waals surface area contributed by atoms with Crippen molar-refractivity contribution in [2.75, 3.05) is 6.61 Å². The predicted octanol–water partition coefficient (Wildman–Crippen LogP) is 1.19. The number of carbonyl (C=O) groups is 1. The van der Waals surface area contributed by atoms with Crippen LogP contribution in [0.3, 0.4) is 0 Å². The van der Waals surface area contributed by atoms with Gasteiger partial charge in [-0.05, 0) is 24.3 Å². The van der Waals surface area contributed by atoms with Crippen molar-refractivity contribution in [1.82, 2.24) is 4.98 Å². The van der Waals surface area contributed by atoms with Crippen molar-refractivity contribution in [2.45, 2.75) is 0 Å². The first kappa shape index (κ1) is 9.25. The fourth-order valence-electron chi connectivity index (χ4n) is 0.774. The van der Waals surface area contributed by atoms with Crippen LogP contribution in [0, 0.1) is 0 Å². The molecule has 1 heterocycles. The second kappa shape index (κ2) is 4.92. The first-order valence-corrected chi connectivity index (χ1v) is 3.79. The maximum Gasteiger partial charge on any atom is 0.404 e. The fraction of sp³-hybridized carbons (Fsp3) is 0.111. The molecule has 2 N–H and O–H groups in total. The summed E-state index contributed by atoms with van der Waals surface area (Å²) in [5, 5.41) is 0. The summed E-state index contributed by atoms with van der Waals surface area (Å²) in [6.07, 6.45) is 4.34. The quantitative estimate of drug-likeness (QED) is 0.756. The Kier molecular flexibility index (Phi) is 3.50. The molecule has 0 radical (unpaired) electrons. The van der Waals surface area contributed by atoms with Crippen molar-refractivity contribution in [3.8, 4) is 0 Å². The molecule has 1 amide bonds. The molecule has 0 unspecified atom stereocenters. The van der Waals surface area contributed by atoms with Gasteiger partial charge in [-0.1, -0.05) is 6.07 Å². The second-order valence-corrected chi connectivity index (χ2v) is 2.29. The summed E-state index contributed by atoms with van der Waals surface area (Å²) in [5.41, 5.74) is 5.58. The molecular weight excluding hydrogens is 168 g/mol. The molecule has 0 bridgehead atoms. The van der Waals surface area contributed by atoms with Gasteiger partial charge in [0.2, 0.25) is 0 Å². The van der Waals surface area contributed by atoms with Crippen LogP contribution in [-0.4, -0.2) is 17.7 Å². The van der Waals surface area contributed by atoms with Crippen LogP contribution in [-0.2, 0) is 4.74 Å². The van der Waals surface area contributed by atoms with Crippen molar-refractivity contribution < 1.29 is 9.53 Å². The van der Waals surface area contributed by atoms with Crippen LogP contribution in [0.4, 0.5) is 4.79 Å². The molecule has 4 heteroatoms. The van der Waals surface area contributed by atoms with E-state index in [2.05, 4.69) is 9.72 Å². The van der Waals surface area contributed by atoms with Gasteiger partial charge in [-0.2, -0.15) is 0 Å². The van der Waals surface area contributed by atoms with E-state index in [0.29, 0.717) is 0 Å². The van der Waals surface area contributed by atoms with E-state index in [1.54, 1.807) is 18.3 Å². The number of amides is 1. The molecule has 1 aromatic rings. The highest BCUT2D eigenvalue weighted by atomic mass is 16.5. The maximum atomic E-state index is 10.2. The van der Waals surface area contributed by atoms with E-state index >= 15 is 0 Å². The molecule has 13 heavy (non-hydrogen) atoms. The lowest BCUT2D eigenvalue weighted by Crippen LogP contribution is -2.12. The number of pyridine rings is 1. The van der Waals surface area contributed by atoms with E-state index in [-0.39, 0.29) is 6.61 Å². The number of ether oxygens (including phenoxy) is 1. The van der Waals surface area contributed by atoms with Gasteiger partial charge in [0.05, 0.1) is 5.69 Å². The van der Waals surface area contributed by atoms with Crippen LogP contribution in [0.5, 0.6) is 0 Å². The minimum Gasteiger partial charge on any atom is -0.445 e. The summed E-state index contributed by atoms with van der Waals surface area (Å²) in [7, 11) is 0. The van der Waals surface area contributed by atoms with Crippen molar-refractivity contribution in [2.24, 2.45) is 5.73 Å². The maximum absolute atomic E-state index is 10.2. The number of carbonyl (C=O) groups excluding carboxylic acids is 1. The summed E-state index contributed by atoms with van der Waals surface area (Å²) in [4.78, 5) is 14.2. The highest BCUT2D eigenvalue weighted by molar-refractivity contribution is 5.64. The van der Waals surface area contributed by atoms with Crippen LogP contribution in [0.15, 0.2) is 30.5 Å². The van der Waals surface area contributed by atoms with Gasteiger partial charge in [-0.15, -0.1) is 0 Å². The van der Waals surface area contributed by atoms with E-state index in [9.17, 15) is 4.79 Å². The van der Waals surface area contributed by atoms with E-state index in [1.807, 2.05) is 18.2 Å². The molecule has 0 aliphatic carbocycles. The van der Waals surface area contributed by atoms with Gasteiger partial charge < -0.3 is 10.5 Å². The Morgan fingerprint density at radius 1 is 1.62 bits per heavy atom. The van der Waals surface area contributed by atoms with Gasteiger partial charge in [0.1, 0.15) is 6.61 Å². The Labute approximate surface area is 76.0 Å². The summed E-state index contributed by atoms with van der Waals surface area (Å²) in [6, 6.07) is 5.56. The highest BCUT2D eigenvalue weighted by Gasteiger charge is 1.88. The molecule has 0 saturated heterocycles. The zero-order chi connectivity index (χ0) is 9.52. The number of hydrogen-bond donors (Lipinski definition) is 1. The third-order valence-electron chi connectivity index (χ3n) is 1.30.